The van der Waals surface area contributed by atoms with Gasteiger partial charge in [-0.3, -0.25) is 0 Å². The van der Waals surface area contributed by atoms with Gasteiger partial charge in [-0.2, -0.15) is 0 Å². The minimum atomic E-state index is -0.536. The summed E-state index contributed by atoms with van der Waals surface area (Å²) >= 11 is 9.65. The molecular weight excluding hydrogens is 319 g/mol. The quantitative estimate of drug-likeness (QED) is 0.726. The fraction of sp³-hybridized carbons (Fsp3) is 0.143. The van der Waals surface area contributed by atoms with E-state index in [9.17, 15) is 4.39 Å². The van der Waals surface area contributed by atoms with Crippen molar-refractivity contribution in [1.82, 2.24) is 0 Å². The van der Waals surface area contributed by atoms with Crippen molar-refractivity contribution < 1.29 is 9.13 Å². The molecule has 0 saturated carbocycles. The van der Waals surface area contributed by atoms with Crippen molar-refractivity contribution in [2.24, 2.45) is 0 Å². The van der Waals surface area contributed by atoms with Gasteiger partial charge < -0.3 is 4.74 Å². The van der Waals surface area contributed by atoms with Crippen molar-refractivity contribution in [3.63, 3.8) is 0 Å². The Morgan fingerprint density at radius 2 is 1.83 bits per heavy atom. The summed E-state index contributed by atoms with van der Waals surface area (Å²) in [6.45, 7) is 0. The molecule has 2 rings (SSSR count). The van der Waals surface area contributed by atoms with Crippen molar-refractivity contribution in [1.29, 1.82) is 0 Å². The molecule has 0 aromatic heterocycles. The lowest BCUT2D eigenvalue weighted by Crippen LogP contribution is -1.98. The zero-order valence-electron chi connectivity index (χ0n) is 9.66. The van der Waals surface area contributed by atoms with Gasteiger partial charge in [0.25, 0.3) is 0 Å². The second kappa shape index (κ2) is 5.72. The molecule has 0 spiro atoms. The molecule has 0 N–H and O–H groups in total. The number of halogens is 3. The van der Waals surface area contributed by atoms with Gasteiger partial charge in [0.2, 0.25) is 0 Å². The predicted molar refractivity (Wildman–Crippen MR) is 74.8 cm³/mol. The summed E-state index contributed by atoms with van der Waals surface area (Å²) in [5, 5.41) is -0.536. The Labute approximate surface area is 119 Å². The van der Waals surface area contributed by atoms with Crippen LogP contribution in [-0.4, -0.2) is 7.11 Å². The molecule has 2 aromatic rings. The number of hydrogen-bond acceptors (Lipinski definition) is 1. The molecule has 0 heterocycles. The highest BCUT2D eigenvalue weighted by Crippen LogP contribution is 2.35. The fourth-order valence-electron chi connectivity index (χ4n) is 1.69. The molecule has 0 aliphatic carbocycles. The molecule has 0 amide bonds. The number of methoxy groups -OCH3 is 1. The van der Waals surface area contributed by atoms with Crippen LogP contribution >= 0.6 is 27.5 Å². The molecular formula is C14H11BrClFO. The molecule has 0 aliphatic heterocycles. The van der Waals surface area contributed by atoms with Gasteiger partial charge in [0.1, 0.15) is 11.6 Å². The molecule has 0 saturated heterocycles. The molecule has 0 radical (unpaired) electrons. The molecule has 18 heavy (non-hydrogen) atoms. The summed E-state index contributed by atoms with van der Waals surface area (Å²) in [5.74, 6) is 0.426. The maximum absolute atomic E-state index is 13.8. The fourth-order valence-corrected chi connectivity index (χ4v) is 2.76. The van der Waals surface area contributed by atoms with Gasteiger partial charge in [0.05, 0.1) is 12.5 Å². The first-order chi connectivity index (χ1) is 8.63. The summed E-state index contributed by atoms with van der Waals surface area (Å²) in [5.41, 5.74) is 1.27. The number of hydrogen-bond donors (Lipinski definition) is 0. The largest absolute Gasteiger partial charge is 0.497 e. The van der Waals surface area contributed by atoms with Crippen LogP contribution in [0.25, 0.3) is 0 Å². The summed E-state index contributed by atoms with van der Waals surface area (Å²) < 4.78 is 19.5. The lowest BCUT2D eigenvalue weighted by atomic mass is 10.0. The van der Waals surface area contributed by atoms with Crippen LogP contribution in [0, 0.1) is 5.82 Å². The second-order valence-corrected chi connectivity index (χ2v) is 5.06. The van der Waals surface area contributed by atoms with E-state index < -0.39 is 5.38 Å². The summed E-state index contributed by atoms with van der Waals surface area (Å²) in [4.78, 5) is 0. The van der Waals surface area contributed by atoms with Gasteiger partial charge in [-0.05, 0) is 29.8 Å². The maximum atomic E-state index is 13.8. The highest BCUT2D eigenvalue weighted by atomic mass is 79.9. The Bertz CT molecular complexity index is 522. The van der Waals surface area contributed by atoms with E-state index in [0.717, 1.165) is 11.3 Å². The van der Waals surface area contributed by atoms with Crippen molar-refractivity contribution in [2.75, 3.05) is 7.11 Å². The number of alkyl halides is 1. The van der Waals surface area contributed by atoms with Crippen molar-refractivity contribution in [3.8, 4) is 5.75 Å². The summed E-state index contributed by atoms with van der Waals surface area (Å²) in [6.07, 6.45) is 0. The Kier molecular flexibility index (Phi) is 4.25. The SMILES string of the molecule is COc1ccc(C(Cl)c2c(F)cccc2Br)cc1. The van der Waals surface area contributed by atoms with E-state index >= 15 is 0 Å². The molecule has 94 valence electrons. The highest BCUT2D eigenvalue weighted by molar-refractivity contribution is 9.10. The zero-order valence-corrected chi connectivity index (χ0v) is 12.0. The standard InChI is InChI=1S/C14H11BrClFO/c1-18-10-7-5-9(6-8-10)14(16)13-11(15)3-2-4-12(13)17/h2-8,14H,1H3. The van der Waals surface area contributed by atoms with E-state index in [-0.39, 0.29) is 5.82 Å². The Morgan fingerprint density at radius 3 is 2.39 bits per heavy atom. The minimum Gasteiger partial charge on any atom is -0.497 e. The Morgan fingerprint density at radius 1 is 1.17 bits per heavy atom. The van der Waals surface area contributed by atoms with Crippen LogP contribution in [0.4, 0.5) is 4.39 Å². The first kappa shape index (κ1) is 13.4. The van der Waals surface area contributed by atoms with Crippen LogP contribution in [0.5, 0.6) is 5.75 Å². The minimum absolute atomic E-state index is 0.319. The lowest BCUT2D eigenvalue weighted by Gasteiger charge is -2.13. The predicted octanol–water partition coefficient (Wildman–Crippen LogP) is 4.93. The van der Waals surface area contributed by atoms with E-state index in [2.05, 4.69) is 15.9 Å². The van der Waals surface area contributed by atoms with Gasteiger partial charge in [0, 0.05) is 10.0 Å². The normalized spacial score (nSPS) is 12.2. The summed E-state index contributed by atoms with van der Waals surface area (Å²) in [7, 11) is 1.60. The van der Waals surface area contributed by atoms with Gasteiger partial charge in [-0.15, -0.1) is 11.6 Å². The maximum Gasteiger partial charge on any atom is 0.129 e. The van der Waals surface area contributed by atoms with E-state index in [4.69, 9.17) is 16.3 Å². The third kappa shape index (κ3) is 2.68. The first-order valence-corrected chi connectivity index (χ1v) is 6.58. The van der Waals surface area contributed by atoms with Gasteiger partial charge in [0.15, 0.2) is 0 Å². The van der Waals surface area contributed by atoms with Crippen LogP contribution in [0.3, 0.4) is 0 Å². The van der Waals surface area contributed by atoms with Crippen molar-refractivity contribution >= 4 is 27.5 Å². The molecule has 0 bridgehead atoms. The van der Waals surface area contributed by atoms with Crippen LogP contribution in [-0.2, 0) is 0 Å². The van der Waals surface area contributed by atoms with E-state index in [1.165, 1.54) is 6.07 Å². The van der Waals surface area contributed by atoms with Crippen LogP contribution < -0.4 is 4.74 Å². The van der Waals surface area contributed by atoms with Crippen LogP contribution in [0.2, 0.25) is 0 Å². The average Bonchev–Trinajstić information content (AvgIpc) is 2.38. The smallest absolute Gasteiger partial charge is 0.129 e. The third-order valence-corrected chi connectivity index (χ3v) is 3.82. The Balaban J connectivity index is 2.38. The molecule has 0 aliphatic rings. The second-order valence-electron chi connectivity index (χ2n) is 3.77. The number of benzene rings is 2. The topological polar surface area (TPSA) is 9.23 Å². The average molecular weight is 330 g/mol. The van der Waals surface area contributed by atoms with Gasteiger partial charge >= 0.3 is 0 Å². The molecule has 1 unspecified atom stereocenters. The van der Waals surface area contributed by atoms with E-state index in [0.29, 0.717) is 10.0 Å². The van der Waals surface area contributed by atoms with E-state index in [1.807, 2.05) is 12.1 Å². The zero-order chi connectivity index (χ0) is 13.1. The molecule has 4 heteroatoms. The summed E-state index contributed by atoms with van der Waals surface area (Å²) in [6, 6.07) is 12.1. The lowest BCUT2D eigenvalue weighted by molar-refractivity contribution is 0.414. The van der Waals surface area contributed by atoms with E-state index in [1.54, 1.807) is 31.4 Å². The number of ether oxygens (including phenoxy) is 1. The van der Waals surface area contributed by atoms with Crippen LogP contribution in [0.15, 0.2) is 46.9 Å². The first-order valence-electron chi connectivity index (χ1n) is 5.35. The molecule has 1 nitrogen and oxygen atoms in total. The Hall–Kier alpha value is -1.06. The highest BCUT2D eigenvalue weighted by Gasteiger charge is 2.18. The van der Waals surface area contributed by atoms with Crippen molar-refractivity contribution in [2.45, 2.75) is 5.38 Å². The monoisotopic (exact) mass is 328 g/mol. The molecule has 1 atom stereocenters. The third-order valence-electron chi connectivity index (χ3n) is 2.66. The van der Waals surface area contributed by atoms with Gasteiger partial charge in [-0.1, -0.05) is 34.1 Å². The molecule has 2 aromatic carbocycles. The molecule has 0 fully saturated rings. The van der Waals surface area contributed by atoms with Gasteiger partial charge in [-0.25, -0.2) is 4.39 Å². The number of rotatable bonds is 3. The van der Waals surface area contributed by atoms with Crippen LogP contribution in [0.1, 0.15) is 16.5 Å². The van der Waals surface area contributed by atoms with Crippen molar-refractivity contribution in [3.05, 3.63) is 63.9 Å².